The minimum atomic E-state index is 0. The van der Waals surface area contributed by atoms with Crippen LogP contribution in [0.25, 0.3) is 5.32 Å². The summed E-state index contributed by atoms with van der Waals surface area (Å²) in [5.41, 5.74) is 0. The molecule has 0 amide bonds. The van der Waals surface area contributed by atoms with Gasteiger partial charge in [-0.25, -0.2) is 0 Å². The average molecular weight is 109 g/mol. The van der Waals surface area contributed by atoms with Crippen LogP contribution in [0.5, 0.6) is 0 Å². The molecule has 0 spiro atoms. The van der Waals surface area contributed by atoms with Crippen LogP contribution in [0.4, 0.5) is 0 Å². The first-order valence-electron chi connectivity index (χ1n) is 2.44. The standard InChI is InChI=1S/C5H12N.Na/c1-4-6-5(2)3;/h5H,4H2,1-3H3;/q-1;+1. The molecular weight excluding hydrogens is 97.1 g/mol. The van der Waals surface area contributed by atoms with Gasteiger partial charge in [0.2, 0.25) is 0 Å². The van der Waals surface area contributed by atoms with E-state index in [9.17, 15) is 0 Å². The van der Waals surface area contributed by atoms with Crippen molar-refractivity contribution in [2.24, 2.45) is 0 Å². The maximum atomic E-state index is 4.12. The Morgan fingerprint density at radius 1 is 1.43 bits per heavy atom. The van der Waals surface area contributed by atoms with Crippen molar-refractivity contribution in [3.63, 3.8) is 0 Å². The molecule has 0 aliphatic heterocycles. The third-order valence-electron chi connectivity index (χ3n) is 0.548. The van der Waals surface area contributed by atoms with Crippen molar-refractivity contribution in [2.45, 2.75) is 26.8 Å². The molecule has 0 saturated carbocycles. The van der Waals surface area contributed by atoms with Crippen LogP contribution >= 0.6 is 0 Å². The largest absolute Gasteiger partial charge is 1.00 e. The van der Waals surface area contributed by atoms with E-state index < -0.39 is 0 Å². The third kappa shape index (κ3) is 10.9. The summed E-state index contributed by atoms with van der Waals surface area (Å²) in [4.78, 5) is 0. The average Bonchev–Trinajstić information content (AvgIpc) is 1.35. The van der Waals surface area contributed by atoms with Gasteiger partial charge in [0.25, 0.3) is 0 Å². The second kappa shape index (κ2) is 6.96. The Kier molecular flexibility index (Phi) is 10.8. The summed E-state index contributed by atoms with van der Waals surface area (Å²) in [5.74, 6) is 0. The molecule has 0 rings (SSSR count). The molecule has 7 heavy (non-hydrogen) atoms. The van der Waals surface area contributed by atoms with Crippen molar-refractivity contribution in [2.75, 3.05) is 6.54 Å². The quantitative estimate of drug-likeness (QED) is 0.395. The third-order valence-corrected chi connectivity index (χ3v) is 0.548. The molecule has 0 aromatic heterocycles. The first kappa shape index (κ1) is 10.9. The molecule has 0 fully saturated rings. The van der Waals surface area contributed by atoms with Crippen LogP contribution in [0, 0.1) is 0 Å². The number of hydrogen-bond donors (Lipinski definition) is 0. The van der Waals surface area contributed by atoms with Gasteiger partial charge in [-0.3, -0.25) is 0 Å². The van der Waals surface area contributed by atoms with Crippen LogP contribution < -0.4 is 29.6 Å². The molecule has 0 bridgehead atoms. The first-order valence-corrected chi connectivity index (χ1v) is 2.44. The predicted molar refractivity (Wildman–Crippen MR) is 29.0 cm³/mol. The molecule has 38 valence electrons. The van der Waals surface area contributed by atoms with Crippen molar-refractivity contribution in [3.8, 4) is 0 Å². The summed E-state index contributed by atoms with van der Waals surface area (Å²) >= 11 is 0. The molecule has 1 nitrogen and oxygen atoms in total. The molecule has 2 heteroatoms. The van der Waals surface area contributed by atoms with Gasteiger partial charge >= 0.3 is 29.6 Å². The molecular formula is C5H12NNa. The van der Waals surface area contributed by atoms with E-state index in [1.165, 1.54) is 0 Å². The van der Waals surface area contributed by atoms with Crippen LogP contribution in [0.2, 0.25) is 0 Å². The Morgan fingerprint density at radius 3 is 1.86 bits per heavy atom. The van der Waals surface area contributed by atoms with Gasteiger partial charge in [0, 0.05) is 0 Å². The maximum absolute atomic E-state index is 4.12. The van der Waals surface area contributed by atoms with Crippen molar-refractivity contribution < 1.29 is 29.6 Å². The Morgan fingerprint density at radius 2 is 1.86 bits per heavy atom. The number of nitrogens with zero attached hydrogens (tertiary/aromatic N) is 1. The van der Waals surface area contributed by atoms with E-state index in [1.54, 1.807) is 0 Å². The van der Waals surface area contributed by atoms with Crippen LogP contribution in [0.15, 0.2) is 0 Å². The molecule has 0 aromatic carbocycles. The van der Waals surface area contributed by atoms with E-state index in [-0.39, 0.29) is 29.6 Å². The van der Waals surface area contributed by atoms with Crippen molar-refractivity contribution in [1.29, 1.82) is 0 Å². The number of rotatable bonds is 2. The monoisotopic (exact) mass is 109 g/mol. The molecule has 0 N–H and O–H groups in total. The molecule has 0 atom stereocenters. The van der Waals surface area contributed by atoms with E-state index in [0.29, 0.717) is 6.04 Å². The fourth-order valence-electron chi connectivity index (χ4n) is 0.365. The summed E-state index contributed by atoms with van der Waals surface area (Å²) in [7, 11) is 0. The van der Waals surface area contributed by atoms with Crippen molar-refractivity contribution >= 4 is 0 Å². The van der Waals surface area contributed by atoms with Crippen LogP contribution in [0.3, 0.4) is 0 Å². The summed E-state index contributed by atoms with van der Waals surface area (Å²) in [5, 5.41) is 4.12. The first-order chi connectivity index (χ1) is 2.77. The van der Waals surface area contributed by atoms with Gasteiger partial charge in [-0.2, -0.15) is 6.54 Å². The Balaban J connectivity index is 0. The van der Waals surface area contributed by atoms with Gasteiger partial charge in [-0.05, 0) is 0 Å². The van der Waals surface area contributed by atoms with Gasteiger partial charge in [0.15, 0.2) is 0 Å². The SMILES string of the molecule is CC[N-]C(C)C.[Na+]. The molecule has 0 aliphatic rings. The molecule has 0 saturated heterocycles. The minimum Gasteiger partial charge on any atom is -0.660 e. The second-order valence-electron chi connectivity index (χ2n) is 1.59. The zero-order valence-corrected chi connectivity index (χ0v) is 7.73. The van der Waals surface area contributed by atoms with Crippen molar-refractivity contribution in [1.82, 2.24) is 0 Å². The molecule has 0 aliphatic carbocycles. The summed E-state index contributed by atoms with van der Waals surface area (Å²) in [6.45, 7) is 7.19. The Hall–Kier alpha value is 0.960. The summed E-state index contributed by atoms with van der Waals surface area (Å²) in [6.07, 6.45) is 0. The van der Waals surface area contributed by atoms with Gasteiger partial charge in [-0.1, -0.05) is 20.8 Å². The fourth-order valence-corrected chi connectivity index (χ4v) is 0.365. The summed E-state index contributed by atoms with van der Waals surface area (Å²) in [6, 6.07) is 0.523. The normalized spacial score (nSPS) is 8.57. The van der Waals surface area contributed by atoms with Crippen LogP contribution in [0.1, 0.15) is 20.8 Å². The van der Waals surface area contributed by atoms with E-state index in [2.05, 4.69) is 26.1 Å². The molecule has 0 unspecified atom stereocenters. The van der Waals surface area contributed by atoms with Crippen LogP contribution in [-0.2, 0) is 0 Å². The molecule has 0 radical (unpaired) electrons. The van der Waals surface area contributed by atoms with E-state index >= 15 is 0 Å². The van der Waals surface area contributed by atoms with E-state index in [1.807, 2.05) is 0 Å². The Bertz CT molecular complexity index is 29.3. The summed E-state index contributed by atoms with van der Waals surface area (Å²) < 4.78 is 0. The van der Waals surface area contributed by atoms with Gasteiger partial charge in [-0.15, -0.1) is 6.04 Å². The van der Waals surface area contributed by atoms with E-state index in [4.69, 9.17) is 0 Å². The Labute approximate surface area is 68.2 Å². The van der Waals surface area contributed by atoms with Gasteiger partial charge in [0.1, 0.15) is 0 Å². The second-order valence-corrected chi connectivity index (χ2v) is 1.59. The number of hydrogen-bond acceptors (Lipinski definition) is 0. The fraction of sp³-hybridized carbons (Fsp3) is 1.00. The van der Waals surface area contributed by atoms with Gasteiger partial charge in [0.05, 0.1) is 0 Å². The maximum Gasteiger partial charge on any atom is 1.00 e. The van der Waals surface area contributed by atoms with Gasteiger partial charge < -0.3 is 5.32 Å². The zero-order valence-electron chi connectivity index (χ0n) is 5.73. The topological polar surface area (TPSA) is 14.1 Å². The minimum absolute atomic E-state index is 0. The zero-order chi connectivity index (χ0) is 4.99. The van der Waals surface area contributed by atoms with E-state index in [0.717, 1.165) is 6.54 Å². The van der Waals surface area contributed by atoms with Crippen molar-refractivity contribution in [3.05, 3.63) is 5.32 Å². The predicted octanol–water partition coefficient (Wildman–Crippen LogP) is -1.21. The molecule has 0 aromatic rings. The molecule has 0 heterocycles. The van der Waals surface area contributed by atoms with Crippen LogP contribution in [-0.4, -0.2) is 12.6 Å². The smallest absolute Gasteiger partial charge is 0.660 e.